The predicted molar refractivity (Wildman–Crippen MR) is 103 cm³/mol. The fourth-order valence-corrected chi connectivity index (χ4v) is 2.36. The van der Waals surface area contributed by atoms with Crippen LogP contribution in [0.2, 0.25) is 0 Å². The van der Waals surface area contributed by atoms with Crippen LogP contribution in [0.15, 0.2) is 42.5 Å². The number of halogens is 1. The summed E-state index contributed by atoms with van der Waals surface area (Å²) in [6, 6.07) is 9.57. The zero-order chi connectivity index (χ0) is 21.2. The number of amides is 1. The quantitative estimate of drug-likeness (QED) is 0.485. The second-order valence-corrected chi connectivity index (χ2v) is 5.80. The third kappa shape index (κ3) is 6.60. The molecule has 0 bridgehead atoms. The van der Waals surface area contributed by atoms with Crippen molar-refractivity contribution >= 4 is 17.7 Å². The van der Waals surface area contributed by atoms with Gasteiger partial charge in [-0.1, -0.05) is 0 Å². The van der Waals surface area contributed by atoms with Crippen LogP contribution < -0.4 is 14.8 Å². The zero-order valence-electron chi connectivity index (χ0n) is 16.2. The van der Waals surface area contributed by atoms with Gasteiger partial charge in [0.05, 0.1) is 13.2 Å². The van der Waals surface area contributed by atoms with Gasteiger partial charge in [-0.05, 0) is 56.3 Å². The molecule has 2 rings (SSSR count). The summed E-state index contributed by atoms with van der Waals surface area (Å²) in [5.41, 5.74) is 0.508. The molecule has 0 saturated heterocycles. The molecular formula is C21H22FNO6. The minimum atomic E-state index is -0.773. The van der Waals surface area contributed by atoms with E-state index in [0.29, 0.717) is 24.7 Å². The number of carbonyl (C=O) groups excluding carboxylic acids is 3. The lowest BCUT2D eigenvalue weighted by atomic mass is 10.1. The maximum atomic E-state index is 12.9. The van der Waals surface area contributed by atoms with E-state index in [4.69, 9.17) is 14.2 Å². The van der Waals surface area contributed by atoms with Gasteiger partial charge in [0.25, 0.3) is 5.91 Å². The third-order valence-electron chi connectivity index (χ3n) is 3.73. The number of hydrogen-bond acceptors (Lipinski definition) is 6. The van der Waals surface area contributed by atoms with Crippen LogP contribution in [-0.4, -0.2) is 44.0 Å². The standard InChI is InChI=1S/C21H22FNO6/c1-3-27-18-10-7-15(11-19(18)28-4-2)21(26)23-12-20(25)29-13-17(24)14-5-8-16(22)9-6-14/h5-11H,3-4,12-13H2,1-2H3,(H,23,26). The first-order valence-electron chi connectivity index (χ1n) is 9.06. The summed E-state index contributed by atoms with van der Waals surface area (Å²) in [7, 11) is 0. The van der Waals surface area contributed by atoms with Crippen LogP contribution in [0.5, 0.6) is 11.5 Å². The molecule has 0 aliphatic rings. The summed E-state index contributed by atoms with van der Waals surface area (Å²) in [4.78, 5) is 35.9. The number of Topliss-reactive ketones (excluding diaryl/α,β-unsaturated/α-hetero) is 1. The van der Waals surface area contributed by atoms with E-state index >= 15 is 0 Å². The van der Waals surface area contributed by atoms with Gasteiger partial charge in [-0.2, -0.15) is 0 Å². The lowest BCUT2D eigenvalue weighted by molar-refractivity contribution is -0.141. The molecule has 0 spiro atoms. The molecule has 0 fully saturated rings. The summed E-state index contributed by atoms with van der Waals surface area (Å²) >= 11 is 0. The number of nitrogens with one attached hydrogen (secondary N) is 1. The Kier molecular flexibility index (Phi) is 8.14. The number of benzene rings is 2. The topological polar surface area (TPSA) is 90.9 Å². The third-order valence-corrected chi connectivity index (χ3v) is 3.73. The molecule has 7 nitrogen and oxygen atoms in total. The maximum absolute atomic E-state index is 12.9. The van der Waals surface area contributed by atoms with Crippen molar-refractivity contribution in [1.29, 1.82) is 0 Å². The SMILES string of the molecule is CCOc1ccc(C(=O)NCC(=O)OCC(=O)c2ccc(F)cc2)cc1OCC. The molecule has 0 heterocycles. The highest BCUT2D eigenvalue weighted by molar-refractivity contribution is 5.99. The summed E-state index contributed by atoms with van der Waals surface area (Å²) in [5.74, 6) is -1.28. The van der Waals surface area contributed by atoms with Gasteiger partial charge in [0, 0.05) is 11.1 Å². The molecule has 0 aliphatic carbocycles. The molecular weight excluding hydrogens is 381 g/mol. The van der Waals surface area contributed by atoms with Crippen molar-refractivity contribution in [1.82, 2.24) is 5.32 Å². The van der Waals surface area contributed by atoms with Crippen LogP contribution in [0.25, 0.3) is 0 Å². The Morgan fingerprint density at radius 3 is 2.17 bits per heavy atom. The number of rotatable bonds is 10. The number of ether oxygens (including phenoxy) is 3. The molecule has 0 aromatic heterocycles. The van der Waals surface area contributed by atoms with Gasteiger partial charge < -0.3 is 19.5 Å². The van der Waals surface area contributed by atoms with Gasteiger partial charge in [0.15, 0.2) is 23.9 Å². The number of carbonyl (C=O) groups is 3. The van der Waals surface area contributed by atoms with Crippen molar-refractivity contribution in [3.63, 3.8) is 0 Å². The summed E-state index contributed by atoms with van der Waals surface area (Å²) < 4.78 is 28.6. The highest BCUT2D eigenvalue weighted by Crippen LogP contribution is 2.28. The lowest BCUT2D eigenvalue weighted by Gasteiger charge is -2.12. The molecule has 8 heteroatoms. The van der Waals surface area contributed by atoms with E-state index in [2.05, 4.69) is 5.32 Å². The molecule has 0 atom stereocenters. The molecule has 1 amide bonds. The minimum absolute atomic E-state index is 0.223. The Bertz CT molecular complexity index is 866. The Hall–Kier alpha value is -3.42. The van der Waals surface area contributed by atoms with Crippen LogP contribution in [0.4, 0.5) is 4.39 Å². The molecule has 2 aromatic rings. The zero-order valence-corrected chi connectivity index (χ0v) is 16.2. The largest absolute Gasteiger partial charge is 0.490 e. The van der Waals surface area contributed by atoms with Gasteiger partial charge in [-0.3, -0.25) is 14.4 Å². The molecule has 1 N–H and O–H groups in total. The first-order chi connectivity index (χ1) is 13.9. The van der Waals surface area contributed by atoms with Crippen LogP contribution in [0, 0.1) is 5.82 Å². The number of esters is 1. The van der Waals surface area contributed by atoms with Gasteiger partial charge in [0.1, 0.15) is 12.4 Å². The Labute approximate surface area is 167 Å². The number of hydrogen-bond donors (Lipinski definition) is 1. The van der Waals surface area contributed by atoms with Gasteiger partial charge in [-0.15, -0.1) is 0 Å². The average molecular weight is 403 g/mol. The molecule has 29 heavy (non-hydrogen) atoms. The molecule has 154 valence electrons. The van der Waals surface area contributed by atoms with E-state index in [1.807, 2.05) is 13.8 Å². The van der Waals surface area contributed by atoms with Crippen LogP contribution >= 0.6 is 0 Å². The van der Waals surface area contributed by atoms with E-state index in [1.54, 1.807) is 12.1 Å². The lowest BCUT2D eigenvalue weighted by Crippen LogP contribution is -2.31. The van der Waals surface area contributed by atoms with Crippen molar-refractivity contribution in [3.05, 3.63) is 59.4 Å². The first-order valence-corrected chi connectivity index (χ1v) is 9.06. The fourth-order valence-electron chi connectivity index (χ4n) is 2.36. The molecule has 2 aromatic carbocycles. The van der Waals surface area contributed by atoms with Crippen LogP contribution in [-0.2, 0) is 9.53 Å². The van der Waals surface area contributed by atoms with E-state index in [1.165, 1.54) is 18.2 Å². The highest BCUT2D eigenvalue weighted by atomic mass is 19.1. The Balaban J connectivity index is 1.86. The van der Waals surface area contributed by atoms with Crippen molar-refractivity contribution < 1.29 is 33.0 Å². The molecule has 0 saturated carbocycles. The van der Waals surface area contributed by atoms with Crippen molar-refractivity contribution in [2.24, 2.45) is 0 Å². The Morgan fingerprint density at radius 2 is 1.52 bits per heavy atom. The number of ketones is 1. The fraction of sp³-hybridized carbons (Fsp3) is 0.286. The monoisotopic (exact) mass is 403 g/mol. The summed E-state index contributed by atoms with van der Waals surface area (Å²) in [5, 5.41) is 2.42. The van der Waals surface area contributed by atoms with Crippen molar-refractivity contribution in [2.75, 3.05) is 26.4 Å². The summed E-state index contributed by atoms with van der Waals surface area (Å²) in [6.07, 6.45) is 0. The van der Waals surface area contributed by atoms with Gasteiger partial charge in [-0.25, -0.2) is 4.39 Å². The van der Waals surface area contributed by atoms with Crippen molar-refractivity contribution in [3.8, 4) is 11.5 Å². The molecule has 0 aliphatic heterocycles. The van der Waals surface area contributed by atoms with E-state index < -0.39 is 36.6 Å². The predicted octanol–water partition coefficient (Wildman–Crippen LogP) is 2.78. The normalized spacial score (nSPS) is 10.2. The van der Waals surface area contributed by atoms with E-state index in [-0.39, 0.29) is 11.1 Å². The second-order valence-electron chi connectivity index (χ2n) is 5.80. The minimum Gasteiger partial charge on any atom is -0.490 e. The Morgan fingerprint density at radius 1 is 0.897 bits per heavy atom. The van der Waals surface area contributed by atoms with Gasteiger partial charge in [0.2, 0.25) is 0 Å². The van der Waals surface area contributed by atoms with E-state index in [9.17, 15) is 18.8 Å². The maximum Gasteiger partial charge on any atom is 0.325 e. The summed E-state index contributed by atoms with van der Waals surface area (Å²) in [6.45, 7) is 3.59. The highest BCUT2D eigenvalue weighted by Gasteiger charge is 2.14. The average Bonchev–Trinajstić information content (AvgIpc) is 2.72. The van der Waals surface area contributed by atoms with Crippen LogP contribution in [0.1, 0.15) is 34.6 Å². The second kappa shape index (κ2) is 10.8. The first kappa shape index (κ1) is 21.9. The molecule has 0 unspecified atom stereocenters. The van der Waals surface area contributed by atoms with E-state index in [0.717, 1.165) is 12.1 Å². The van der Waals surface area contributed by atoms with Crippen LogP contribution in [0.3, 0.4) is 0 Å². The van der Waals surface area contributed by atoms with Gasteiger partial charge >= 0.3 is 5.97 Å². The molecule has 0 radical (unpaired) electrons. The smallest absolute Gasteiger partial charge is 0.325 e. The van der Waals surface area contributed by atoms with Crippen molar-refractivity contribution in [2.45, 2.75) is 13.8 Å².